The molecule has 30 heavy (non-hydrogen) atoms. The van der Waals surface area contributed by atoms with Gasteiger partial charge in [-0.3, -0.25) is 14.2 Å². The number of carbonyl (C=O) groups is 1. The molecule has 0 fully saturated rings. The molecule has 3 rings (SSSR count). The Morgan fingerprint density at radius 3 is 2.07 bits per heavy atom. The van der Waals surface area contributed by atoms with Gasteiger partial charge in [-0.15, -0.1) is 0 Å². The largest absolute Gasteiger partial charge is 0.321 e. The maximum atomic E-state index is 12.6. The fraction of sp³-hybridized carbons (Fsp3) is 0.273. The quantitative estimate of drug-likeness (QED) is 0.643. The number of carbonyl (C=O) groups excluding carboxylic acids is 1. The highest BCUT2D eigenvalue weighted by Gasteiger charge is 2.22. The number of nitrogens with one attached hydrogen (secondary N) is 2. The number of hydrogen-bond acceptors (Lipinski definition) is 4. The lowest BCUT2D eigenvalue weighted by Gasteiger charge is -2.13. The van der Waals surface area contributed by atoms with Crippen LogP contribution in [0, 0.1) is 6.92 Å². The van der Waals surface area contributed by atoms with Crippen molar-refractivity contribution in [2.24, 2.45) is 7.05 Å². The molecule has 0 bridgehead atoms. The van der Waals surface area contributed by atoms with Gasteiger partial charge in [-0.05, 0) is 49.4 Å². The first-order valence-corrected chi connectivity index (χ1v) is 11.0. The van der Waals surface area contributed by atoms with E-state index in [-0.39, 0.29) is 16.2 Å². The maximum Gasteiger partial charge on any atom is 0.273 e. The van der Waals surface area contributed by atoms with E-state index in [0.29, 0.717) is 17.1 Å². The van der Waals surface area contributed by atoms with Gasteiger partial charge in [0.15, 0.2) is 0 Å². The van der Waals surface area contributed by atoms with Crippen LogP contribution in [0.2, 0.25) is 0 Å². The molecule has 2 aromatic carbocycles. The molecule has 1 aromatic heterocycles. The van der Waals surface area contributed by atoms with Crippen molar-refractivity contribution >= 4 is 27.3 Å². The first-order chi connectivity index (χ1) is 14.0. The summed E-state index contributed by atoms with van der Waals surface area (Å²) in [5.41, 5.74) is 3.06. The van der Waals surface area contributed by atoms with E-state index < -0.39 is 10.0 Å². The highest BCUT2D eigenvalue weighted by molar-refractivity contribution is 7.92. The average Bonchev–Trinajstić information content (AvgIpc) is 3.06. The number of aromatic nitrogens is 2. The van der Waals surface area contributed by atoms with Crippen LogP contribution in [0.1, 0.15) is 42.5 Å². The van der Waals surface area contributed by atoms with Crippen LogP contribution in [0.3, 0.4) is 0 Å². The standard InChI is InChI=1S/C22H26N4O3S/c1-15-6-12-18(13-7-15)30(28,29)25-17-10-8-16(9-11-17)23-21(27)19-14-20(22(2,3)4)24-26(19)5/h6-14,25H,1-5H3,(H,23,27). The van der Waals surface area contributed by atoms with Crippen LogP contribution < -0.4 is 10.0 Å². The predicted molar refractivity (Wildman–Crippen MR) is 118 cm³/mol. The van der Waals surface area contributed by atoms with Crippen LogP contribution in [0.5, 0.6) is 0 Å². The third-order valence-corrected chi connectivity index (χ3v) is 6.00. The zero-order valence-corrected chi connectivity index (χ0v) is 18.5. The molecule has 2 N–H and O–H groups in total. The lowest BCUT2D eigenvalue weighted by Crippen LogP contribution is -2.16. The fourth-order valence-corrected chi connectivity index (χ4v) is 3.85. The van der Waals surface area contributed by atoms with Crippen molar-refractivity contribution in [2.45, 2.75) is 38.0 Å². The van der Waals surface area contributed by atoms with Gasteiger partial charge in [-0.2, -0.15) is 5.10 Å². The lowest BCUT2D eigenvalue weighted by molar-refractivity contribution is 0.101. The number of aryl methyl sites for hydroxylation is 2. The van der Waals surface area contributed by atoms with Crippen LogP contribution >= 0.6 is 0 Å². The number of rotatable bonds is 5. The Bertz CT molecular complexity index is 1160. The first kappa shape index (κ1) is 21.6. The molecule has 1 amide bonds. The van der Waals surface area contributed by atoms with E-state index in [9.17, 15) is 13.2 Å². The van der Waals surface area contributed by atoms with E-state index in [1.54, 1.807) is 66.3 Å². The van der Waals surface area contributed by atoms with Crippen LogP contribution in [0.4, 0.5) is 11.4 Å². The van der Waals surface area contributed by atoms with Gasteiger partial charge >= 0.3 is 0 Å². The molecule has 0 aliphatic carbocycles. The number of hydrogen-bond donors (Lipinski definition) is 2. The summed E-state index contributed by atoms with van der Waals surface area (Å²) >= 11 is 0. The molecule has 3 aromatic rings. The maximum absolute atomic E-state index is 12.6. The van der Waals surface area contributed by atoms with Gasteiger partial charge < -0.3 is 5.32 Å². The van der Waals surface area contributed by atoms with Crippen molar-refractivity contribution in [3.63, 3.8) is 0 Å². The Balaban J connectivity index is 1.71. The van der Waals surface area contributed by atoms with Gasteiger partial charge in [0.05, 0.1) is 10.6 Å². The summed E-state index contributed by atoms with van der Waals surface area (Å²) in [5, 5.41) is 7.23. The summed E-state index contributed by atoms with van der Waals surface area (Å²) in [5.74, 6) is -0.284. The summed E-state index contributed by atoms with van der Waals surface area (Å²) in [6, 6.07) is 14.9. The summed E-state index contributed by atoms with van der Waals surface area (Å²) in [6.45, 7) is 8.00. The number of amides is 1. The van der Waals surface area contributed by atoms with E-state index in [0.717, 1.165) is 11.3 Å². The van der Waals surface area contributed by atoms with Crippen molar-refractivity contribution in [1.29, 1.82) is 0 Å². The molecule has 0 radical (unpaired) electrons. The van der Waals surface area contributed by atoms with Crippen molar-refractivity contribution in [1.82, 2.24) is 9.78 Å². The van der Waals surface area contributed by atoms with E-state index in [1.807, 2.05) is 27.7 Å². The van der Waals surface area contributed by atoms with Crippen molar-refractivity contribution in [3.05, 3.63) is 71.5 Å². The van der Waals surface area contributed by atoms with Gasteiger partial charge in [-0.25, -0.2) is 8.42 Å². The SMILES string of the molecule is Cc1ccc(S(=O)(=O)Nc2ccc(NC(=O)c3cc(C(C)(C)C)nn3C)cc2)cc1. The number of nitrogens with zero attached hydrogens (tertiary/aromatic N) is 2. The highest BCUT2D eigenvalue weighted by Crippen LogP contribution is 2.23. The Labute approximate surface area is 177 Å². The van der Waals surface area contributed by atoms with Crippen LogP contribution in [0.25, 0.3) is 0 Å². The van der Waals surface area contributed by atoms with Gasteiger partial charge in [-0.1, -0.05) is 38.5 Å². The van der Waals surface area contributed by atoms with Crippen LogP contribution in [-0.2, 0) is 22.5 Å². The Morgan fingerprint density at radius 1 is 0.967 bits per heavy atom. The molecule has 0 aliphatic heterocycles. The number of anilines is 2. The number of benzene rings is 2. The molecule has 0 saturated heterocycles. The molecule has 0 spiro atoms. The van der Waals surface area contributed by atoms with Crippen molar-refractivity contribution in [2.75, 3.05) is 10.0 Å². The molecule has 8 heteroatoms. The first-order valence-electron chi connectivity index (χ1n) is 9.51. The van der Waals surface area contributed by atoms with Gasteiger partial charge in [0.2, 0.25) is 0 Å². The molecule has 0 saturated carbocycles. The van der Waals surface area contributed by atoms with Crippen LogP contribution in [0.15, 0.2) is 59.5 Å². The van der Waals surface area contributed by atoms with E-state index in [2.05, 4.69) is 15.1 Å². The zero-order chi connectivity index (χ0) is 22.1. The second kappa shape index (κ2) is 7.95. The molecule has 7 nitrogen and oxygen atoms in total. The third-order valence-electron chi connectivity index (χ3n) is 4.61. The normalized spacial score (nSPS) is 11.9. The van der Waals surface area contributed by atoms with E-state index in [4.69, 9.17) is 0 Å². The molecular formula is C22H26N4O3S. The minimum atomic E-state index is -3.67. The monoisotopic (exact) mass is 426 g/mol. The average molecular weight is 427 g/mol. The number of sulfonamides is 1. The third kappa shape index (κ3) is 4.88. The summed E-state index contributed by atoms with van der Waals surface area (Å²) in [6.07, 6.45) is 0. The summed E-state index contributed by atoms with van der Waals surface area (Å²) < 4.78 is 29.1. The second-order valence-electron chi connectivity index (χ2n) is 8.24. The predicted octanol–water partition coefficient (Wildman–Crippen LogP) is 4.08. The Morgan fingerprint density at radius 2 is 1.53 bits per heavy atom. The topological polar surface area (TPSA) is 93.1 Å². The summed E-state index contributed by atoms with van der Waals surface area (Å²) in [7, 11) is -1.95. The smallest absolute Gasteiger partial charge is 0.273 e. The highest BCUT2D eigenvalue weighted by atomic mass is 32.2. The fourth-order valence-electron chi connectivity index (χ4n) is 2.79. The molecule has 0 aliphatic rings. The van der Waals surface area contributed by atoms with Gasteiger partial charge in [0.25, 0.3) is 15.9 Å². The molecular weight excluding hydrogens is 400 g/mol. The summed E-state index contributed by atoms with van der Waals surface area (Å²) in [4.78, 5) is 12.8. The second-order valence-corrected chi connectivity index (χ2v) is 9.92. The molecule has 158 valence electrons. The molecule has 1 heterocycles. The minimum Gasteiger partial charge on any atom is -0.321 e. The Hall–Kier alpha value is -3.13. The van der Waals surface area contributed by atoms with Gasteiger partial charge in [0.1, 0.15) is 5.69 Å². The lowest BCUT2D eigenvalue weighted by atomic mass is 9.92. The molecule has 0 unspecified atom stereocenters. The van der Waals surface area contributed by atoms with Crippen molar-refractivity contribution < 1.29 is 13.2 Å². The Kier molecular flexibility index (Phi) is 5.72. The van der Waals surface area contributed by atoms with Crippen LogP contribution in [-0.4, -0.2) is 24.1 Å². The minimum absolute atomic E-state index is 0.160. The molecule has 0 atom stereocenters. The van der Waals surface area contributed by atoms with Crippen molar-refractivity contribution in [3.8, 4) is 0 Å². The zero-order valence-electron chi connectivity index (χ0n) is 17.7. The van der Waals surface area contributed by atoms with Gasteiger partial charge in [0, 0.05) is 23.8 Å². The van der Waals surface area contributed by atoms with E-state index >= 15 is 0 Å². The van der Waals surface area contributed by atoms with E-state index in [1.165, 1.54) is 0 Å².